The number of aromatic nitrogens is 1. The van der Waals surface area contributed by atoms with Crippen molar-refractivity contribution < 1.29 is 9.84 Å². The predicted molar refractivity (Wildman–Crippen MR) is 58.5 cm³/mol. The summed E-state index contributed by atoms with van der Waals surface area (Å²) in [6, 6.07) is 1.97. The number of ether oxygens (including phenoxy) is 1. The second-order valence-electron chi connectivity index (χ2n) is 3.21. The molecule has 0 amide bonds. The molecule has 1 heterocycles. The smallest absolute Gasteiger partial charge is 0.216 e. The average molecular weight is 260 g/mol. The Morgan fingerprint density at radius 2 is 2.36 bits per heavy atom. The van der Waals surface area contributed by atoms with Gasteiger partial charge in [-0.1, -0.05) is 0 Å². The lowest BCUT2D eigenvalue weighted by atomic mass is 10.1. The molecule has 0 fully saturated rings. The maximum absolute atomic E-state index is 9.17. The van der Waals surface area contributed by atoms with E-state index in [0.717, 1.165) is 16.5 Å². The highest BCUT2D eigenvalue weighted by molar-refractivity contribution is 9.10. The highest BCUT2D eigenvalue weighted by Gasteiger charge is 2.06. The van der Waals surface area contributed by atoms with Gasteiger partial charge >= 0.3 is 0 Å². The third-order valence-electron chi connectivity index (χ3n) is 1.92. The van der Waals surface area contributed by atoms with Gasteiger partial charge in [0.05, 0.1) is 13.2 Å². The van der Waals surface area contributed by atoms with E-state index in [2.05, 4.69) is 20.9 Å². The lowest BCUT2D eigenvalue weighted by molar-refractivity contribution is 0.184. The van der Waals surface area contributed by atoms with E-state index in [1.165, 1.54) is 0 Å². The summed E-state index contributed by atoms with van der Waals surface area (Å²) in [5.74, 6) is 0.633. The molecule has 4 heteroatoms. The number of hydrogen-bond acceptors (Lipinski definition) is 3. The van der Waals surface area contributed by atoms with E-state index in [1.54, 1.807) is 20.2 Å². The van der Waals surface area contributed by atoms with Crippen LogP contribution in [0.15, 0.2) is 16.7 Å². The fourth-order valence-electron chi connectivity index (χ4n) is 1.20. The molecule has 14 heavy (non-hydrogen) atoms. The summed E-state index contributed by atoms with van der Waals surface area (Å²) in [6.07, 6.45) is 2.89. The van der Waals surface area contributed by atoms with Crippen LogP contribution in [-0.2, 0) is 6.42 Å². The van der Waals surface area contributed by atoms with Gasteiger partial charge < -0.3 is 9.84 Å². The van der Waals surface area contributed by atoms with Crippen molar-refractivity contribution in [3.63, 3.8) is 0 Å². The van der Waals surface area contributed by atoms with Crippen LogP contribution in [0.3, 0.4) is 0 Å². The van der Waals surface area contributed by atoms with Crippen molar-refractivity contribution >= 4 is 15.9 Å². The number of aryl methyl sites for hydroxylation is 1. The summed E-state index contributed by atoms with van der Waals surface area (Å²) in [6.45, 7) is 1.78. The minimum atomic E-state index is -0.293. The monoisotopic (exact) mass is 259 g/mol. The SMILES string of the molecule is COc1ncc(Br)cc1CCC(C)O. The van der Waals surface area contributed by atoms with Crippen LogP contribution in [0, 0.1) is 0 Å². The molecule has 0 spiro atoms. The summed E-state index contributed by atoms with van der Waals surface area (Å²) in [5.41, 5.74) is 1.02. The first-order chi connectivity index (χ1) is 6.63. The minimum absolute atomic E-state index is 0.293. The zero-order chi connectivity index (χ0) is 10.6. The molecule has 78 valence electrons. The van der Waals surface area contributed by atoms with Crippen molar-refractivity contribution in [2.24, 2.45) is 0 Å². The van der Waals surface area contributed by atoms with Gasteiger partial charge in [0, 0.05) is 16.2 Å². The van der Waals surface area contributed by atoms with Crippen LogP contribution in [-0.4, -0.2) is 23.3 Å². The normalized spacial score (nSPS) is 12.6. The van der Waals surface area contributed by atoms with Crippen molar-refractivity contribution in [1.82, 2.24) is 4.98 Å². The van der Waals surface area contributed by atoms with Gasteiger partial charge in [-0.25, -0.2) is 4.98 Å². The molecule has 0 bridgehead atoms. The Balaban J connectivity index is 2.77. The van der Waals surface area contributed by atoms with E-state index >= 15 is 0 Å². The molecule has 0 saturated carbocycles. The standard InChI is InChI=1S/C10H14BrNO2/c1-7(13)3-4-8-5-9(11)6-12-10(8)14-2/h5-7,13H,3-4H2,1-2H3. The molecule has 0 aromatic carbocycles. The number of rotatable bonds is 4. The number of hydrogen-bond donors (Lipinski definition) is 1. The van der Waals surface area contributed by atoms with Gasteiger partial charge in [0.1, 0.15) is 0 Å². The van der Waals surface area contributed by atoms with Crippen LogP contribution < -0.4 is 4.74 Å². The minimum Gasteiger partial charge on any atom is -0.481 e. The quantitative estimate of drug-likeness (QED) is 0.902. The summed E-state index contributed by atoms with van der Waals surface area (Å²) >= 11 is 3.35. The van der Waals surface area contributed by atoms with Crippen LogP contribution in [0.2, 0.25) is 0 Å². The first-order valence-corrected chi connectivity index (χ1v) is 5.29. The van der Waals surface area contributed by atoms with E-state index in [-0.39, 0.29) is 6.10 Å². The Hall–Kier alpha value is -0.610. The second-order valence-corrected chi connectivity index (χ2v) is 4.13. The molecule has 1 unspecified atom stereocenters. The number of nitrogens with zero attached hydrogens (tertiary/aromatic N) is 1. The molecule has 0 aliphatic carbocycles. The first-order valence-electron chi connectivity index (χ1n) is 4.50. The van der Waals surface area contributed by atoms with Crippen LogP contribution >= 0.6 is 15.9 Å². The third kappa shape index (κ3) is 3.27. The van der Waals surface area contributed by atoms with Crippen molar-refractivity contribution in [3.8, 4) is 5.88 Å². The fraction of sp³-hybridized carbons (Fsp3) is 0.500. The maximum atomic E-state index is 9.17. The Bertz CT molecular complexity index is 302. The molecule has 0 radical (unpaired) electrons. The van der Waals surface area contributed by atoms with Gasteiger partial charge in [0.25, 0.3) is 0 Å². The molecule has 1 aromatic heterocycles. The van der Waals surface area contributed by atoms with Crippen molar-refractivity contribution in [1.29, 1.82) is 0 Å². The first kappa shape index (κ1) is 11.5. The van der Waals surface area contributed by atoms with Crippen LogP contribution in [0.4, 0.5) is 0 Å². The Kier molecular flexibility index (Phi) is 4.35. The molecular weight excluding hydrogens is 246 g/mol. The van der Waals surface area contributed by atoms with Gasteiger partial charge in [-0.3, -0.25) is 0 Å². The van der Waals surface area contributed by atoms with Gasteiger partial charge in [0.15, 0.2) is 0 Å². The highest BCUT2D eigenvalue weighted by Crippen LogP contribution is 2.21. The zero-order valence-electron chi connectivity index (χ0n) is 8.33. The lowest BCUT2D eigenvalue weighted by Crippen LogP contribution is -2.03. The second kappa shape index (κ2) is 5.32. The highest BCUT2D eigenvalue weighted by atomic mass is 79.9. The molecule has 1 aromatic rings. The molecular formula is C10H14BrNO2. The Labute approximate surface area is 92.3 Å². The van der Waals surface area contributed by atoms with Crippen LogP contribution in [0.5, 0.6) is 5.88 Å². The average Bonchev–Trinajstić information content (AvgIpc) is 2.15. The Morgan fingerprint density at radius 3 is 2.93 bits per heavy atom. The summed E-state index contributed by atoms with van der Waals surface area (Å²) in [7, 11) is 1.60. The summed E-state index contributed by atoms with van der Waals surface area (Å²) in [5, 5.41) is 9.17. The van der Waals surface area contributed by atoms with E-state index in [1.807, 2.05) is 6.07 Å². The van der Waals surface area contributed by atoms with Crippen LogP contribution in [0.25, 0.3) is 0 Å². The van der Waals surface area contributed by atoms with Crippen molar-refractivity contribution in [3.05, 3.63) is 22.3 Å². The lowest BCUT2D eigenvalue weighted by Gasteiger charge is -2.08. The van der Waals surface area contributed by atoms with Gasteiger partial charge in [0.2, 0.25) is 5.88 Å². The van der Waals surface area contributed by atoms with Crippen molar-refractivity contribution in [2.75, 3.05) is 7.11 Å². The molecule has 0 aliphatic rings. The van der Waals surface area contributed by atoms with E-state index in [9.17, 15) is 5.11 Å². The van der Waals surface area contributed by atoms with Crippen molar-refractivity contribution in [2.45, 2.75) is 25.9 Å². The summed E-state index contributed by atoms with van der Waals surface area (Å²) < 4.78 is 6.05. The molecule has 1 rings (SSSR count). The van der Waals surface area contributed by atoms with E-state index in [4.69, 9.17) is 4.74 Å². The van der Waals surface area contributed by atoms with Gasteiger partial charge in [-0.05, 0) is 41.8 Å². The molecule has 1 N–H and O–H groups in total. The number of pyridine rings is 1. The zero-order valence-corrected chi connectivity index (χ0v) is 9.91. The van der Waals surface area contributed by atoms with E-state index in [0.29, 0.717) is 12.3 Å². The number of halogens is 1. The molecule has 1 atom stereocenters. The third-order valence-corrected chi connectivity index (χ3v) is 2.35. The topological polar surface area (TPSA) is 42.4 Å². The molecule has 0 aliphatic heterocycles. The number of aliphatic hydroxyl groups excluding tert-OH is 1. The van der Waals surface area contributed by atoms with E-state index < -0.39 is 0 Å². The van der Waals surface area contributed by atoms with Crippen LogP contribution in [0.1, 0.15) is 18.9 Å². The predicted octanol–water partition coefficient (Wildman–Crippen LogP) is 2.17. The number of aliphatic hydroxyl groups is 1. The number of methoxy groups -OCH3 is 1. The largest absolute Gasteiger partial charge is 0.481 e. The van der Waals surface area contributed by atoms with Gasteiger partial charge in [-0.2, -0.15) is 0 Å². The molecule has 3 nitrogen and oxygen atoms in total. The summed E-state index contributed by atoms with van der Waals surface area (Å²) in [4.78, 5) is 4.12. The fourth-order valence-corrected chi connectivity index (χ4v) is 1.57. The Morgan fingerprint density at radius 1 is 1.64 bits per heavy atom. The maximum Gasteiger partial charge on any atom is 0.216 e. The van der Waals surface area contributed by atoms with Gasteiger partial charge in [-0.15, -0.1) is 0 Å². The molecule has 0 saturated heterocycles.